The number of alkyl halides is 1. The lowest BCUT2D eigenvalue weighted by Gasteiger charge is -2.27. The van der Waals surface area contributed by atoms with Crippen molar-refractivity contribution in [2.75, 3.05) is 0 Å². The number of nitrogens with zero attached hydrogens (tertiary/aromatic N) is 3. The molecule has 106 valence electrons. The monoisotopic (exact) mass is 355 g/mol. The molecule has 4 nitrogen and oxygen atoms in total. The van der Waals surface area contributed by atoms with Gasteiger partial charge in [-0.15, -0.1) is 21.8 Å². The number of aliphatic hydroxyl groups excluding tert-OH is 1. The van der Waals surface area contributed by atoms with Crippen LogP contribution in [-0.2, 0) is 6.42 Å². The second-order valence-corrected chi connectivity index (χ2v) is 6.95. The molecular formula is C14H15BrClN3O. The Morgan fingerprint density at radius 2 is 1.85 bits per heavy atom. The van der Waals surface area contributed by atoms with Crippen LogP contribution in [0.4, 0.5) is 0 Å². The van der Waals surface area contributed by atoms with Gasteiger partial charge in [0.2, 0.25) is 0 Å². The van der Waals surface area contributed by atoms with Crippen LogP contribution in [0.25, 0.3) is 0 Å². The van der Waals surface area contributed by atoms with Gasteiger partial charge in [-0.2, -0.15) is 0 Å². The lowest BCUT2D eigenvalue weighted by atomic mass is 9.98. The first kappa shape index (κ1) is 14.0. The number of halogens is 2. The van der Waals surface area contributed by atoms with E-state index >= 15 is 0 Å². The molecule has 3 rings (SSSR count). The smallest absolute Gasteiger partial charge is 0.119 e. The first-order valence-corrected chi connectivity index (χ1v) is 7.71. The van der Waals surface area contributed by atoms with Gasteiger partial charge in [0, 0.05) is 4.47 Å². The predicted molar refractivity (Wildman–Crippen MR) is 80.7 cm³/mol. The van der Waals surface area contributed by atoms with E-state index in [0.29, 0.717) is 6.42 Å². The summed E-state index contributed by atoms with van der Waals surface area (Å²) in [6.45, 7) is 0. The highest BCUT2D eigenvalue weighted by atomic mass is 79.9. The van der Waals surface area contributed by atoms with Crippen molar-refractivity contribution in [1.29, 1.82) is 0 Å². The molecular weight excluding hydrogens is 342 g/mol. The lowest BCUT2D eigenvalue weighted by molar-refractivity contribution is 0.0999. The fourth-order valence-electron chi connectivity index (χ4n) is 2.38. The second-order valence-electron chi connectivity index (χ2n) is 5.29. The Morgan fingerprint density at radius 3 is 2.40 bits per heavy atom. The Balaban J connectivity index is 1.84. The van der Waals surface area contributed by atoms with E-state index in [0.717, 1.165) is 22.9 Å². The molecule has 0 radical (unpaired) electrons. The third kappa shape index (κ3) is 2.90. The normalized spacial score (nSPS) is 19.6. The molecule has 20 heavy (non-hydrogen) atoms. The molecule has 0 amide bonds. The minimum Gasteiger partial charge on any atom is -0.389 e. The summed E-state index contributed by atoms with van der Waals surface area (Å²) < 4.78 is 2.88. The number of aromatic nitrogens is 3. The van der Waals surface area contributed by atoms with Crippen LogP contribution in [0.3, 0.4) is 0 Å². The molecule has 6 heteroatoms. The zero-order valence-electron chi connectivity index (χ0n) is 10.8. The molecule has 0 saturated heterocycles. The van der Waals surface area contributed by atoms with Gasteiger partial charge in [0.1, 0.15) is 12.7 Å². The van der Waals surface area contributed by atoms with E-state index in [1.54, 1.807) is 12.7 Å². The molecule has 1 aromatic heterocycles. The maximum absolute atomic E-state index is 10.6. The molecule has 1 aliphatic rings. The van der Waals surface area contributed by atoms with Gasteiger partial charge in [-0.25, -0.2) is 0 Å². The molecule has 1 N–H and O–H groups in total. The highest BCUT2D eigenvalue weighted by Gasteiger charge is 2.50. The van der Waals surface area contributed by atoms with Crippen LogP contribution in [0, 0.1) is 0 Å². The summed E-state index contributed by atoms with van der Waals surface area (Å²) in [6.07, 6.45) is 5.07. The molecule has 1 heterocycles. The molecule has 1 aliphatic carbocycles. The molecule has 2 atom stereocenters. The molecule has 1 saturated carbocycles. The summed E-state index contributed by atoms with van der Waals surface area (Å²) in [4.78, 5) is -0.482. The Labute approximate surface area is 130 Å². The fraction of sp³-hybridized carbons (Fsp3) is 0.429. The summed E-state index contributed by atoms with van der Waals surface area (Å²) in [5.41, 5.74) is 1.15. The summed E-state index contributed by atoms with van der Waals surface area (Å²) in [5, 5.41) is 18.2. The SMILES string of the molecule is O[C@@H]([C@H](Cc1ccc(Br)cc1)n1cnnc1)C1(Cl)CC1. The van der Waals surface area contributed by atoms with Crippen LogP contribution in [-0.4, -0.2) is 30.8 Å². The molecule has 1 aromatic carbocycles. The van der Waals surface area contributed by atoms with E-state index < -0.39 is 11.0 Å². The summed E-state index contributed by atoms with van der Waals surface area (Å²) in [5.74, 6) is 0. The van der Waals surface area contributed by atoms with Crippen molar-refractivity contribution in [3.63, 3.8) is 0 Å². The summed E-state index contributed by atoms with van der Waals surface area (Å²) in [7, 11) is 0. The highest BCUT2D eigenvalue weighted by Crippen LogP contribution is 2.49. The zero-order valence-corrected chi connectivity index (χ0v) is 13.1. The van der Waals surface area contributed by atoms with Crippen LogP contribution in [0.15, 0.2) is 41.4 Å². The number of aliphatic hydroxyl groups is 1. The van der Waals surface area contributed by atoms with Crippen molar-refractivity contribution in [2.45, 2.75) is 36.3 Å². The van der Waals surface area contributed by atoms with Crippen molar-refractivity contribution in [3.8, 4) is 0 Å². The Bertz CT molecular complexity index is 569. The maximum Gasteiger partial charge on any atom is 0.119 e. The Morgan fingerprint density at radius 1 is 1.25 bits per heavy atom. The first-order chi connectivity index (χ1) is 9.58. The maximum atomic E-state index is 10.6. The third-order valence-corrected chi connectivity index (χ3v) is 4.93. The minimum atomic E-state index is -0.608. The minimum absolute atomic E-state index is 0.147. The van der Waals surface area contributed by atoms with Crippen molar-refractivity contribution in [3.05, 3.63) is 47.0 Å². The number of hydrogen-bond donors (Lipinski definition) is 1. The molecule has 0 bridgehead atoms. The van der Waals surface area contributed by atoms with E-state index in [-0.39, 0.29) is 6.04 Å². The first-order valence-electron chi connectivity index (χ1n) is 6.54. The van der Waals surface area contributed by atoms with Gasteiger partial charge in [0.25, 0.3) is 0 Å². The van der Waals surface area contributed by atoms with Crippen molar-refractivity contribution < 1.29 is 5.11 Å². The zero-order chi connectivity index (χ0) is 14.2. The van der Waals surface area contributed by atoms with E-state index in [2.05, 4.69) is 26.1 Å². The lowest BCUT2D eigenvalue weighted by Crippen LogP contribution is -2.34. The van der Waals surface area contributed by atoms with E-state index in [9.17, 15) is 5.11 Å². The van der Waals surface area contributed by atoms with Gasteiger partial charge >= 0.3 is 0 Å². The molecule has 2 aromatic rings. The second kappa shape index (κ2) is 5.47. The van der Waals surface area contributed by atoms with Crippen LogP contribution < -0.4 is 0 Å². The van der Waals surface area contributed by atoms with Gasteiger partial charge in [-0.3, -0.25) is 0 Å². The van der Waals surface area contributed by atoms with Gasteiger partial charge in [0.15, 0.2) is 0 Å². The van der Waals surface area contributed by atoms with Gasteiger partial charge in [0.05, 0.1) is 17.0 Å². The van der Waals surface area contributed by atoms with E-state index in [1.165, 1.54) is 0 Å². The summed E-state index contributed by atoms with van der Waals surface area (Å²) in [6, 6.07) is 7.94. The van der Waals surface area contributed by atoms with Crippen molar-refractivity contribution in [1.82, 2.24) is 14.8 Å². The molecule has 0 spiro atoms. The van der Waals surface area contributed by atoms with Crippen molar-refractivity contribution >= 4 is 27.5 Å². The van der Waals surface area contributed by atoms with Crippen LogP contribution in [0.1, 0.15) is 24.4 Å². The molecule has 0 unspecified atom stereocenters. The topological polar surface area (TPSA) is 50.9 Å². The van der Waals surface area contributed by atoms with Crippen LogP contribution in [0.2, 0.25) is 0 Å². The number of hydrogen-bond acceptors (Lipinski definition) is 3. The molecule has 1 fully saturated rings. The van der Waals surface area contributed by atoms with E-state index in [4.69, 9.17) is 11.6 Å². The standard InChI is InChI=1S/C14H15BrClN3O/c15-11-3-1-10(2-4-11)7-12(19-8-17-18-9-19)13(20)14(16)5-6-14/h1-4,8-9,12-13,20H,5-7H2/t12-,13-/m0/s1. The van der Waals surface area contributed by atoms with Gasteiger partial charge < -0.3 is 9.67 Å². The third-order valence-electron chi connectivity index (χ3n) is 3.80. The van der Waals surface area contributed by atoms with E-state index in [1.807, 2.05) is 28.8 Å². The predicted octanol–water partition coefficient (Wildman–Crippen LogP) is 2.96. The highest BCUT2D eigenvalue weighted by molar-refractivity contribution is 9.10. The fourth-order valence-corrected chi connectivity index (χ4v) is 2.89. The average molecular weight is 357 g/mol. The quantitative estimate of drug-likeness (QED) is 0.838. The Hall–Kier alpha value is -0.910. The van der Waals surface area contributed by atoms with Gasteiger partial charge in [-0.05, 0) is 37.0 Å². The van der Waals surface area contributed by atoms with Crippen molar-refractivity contribution in [2.24, 2.45) is 0 Å². The summed E-state index contributed by atoms with van der Waals surface area (Å²) >= 11 is 9.81. The van der Waals surface area contributed by atoms with Crippen LogP contribution >= 0.6 is 27.5 Å². The largest absolute Gasteiger partial charge is 0.389 e. The van der Waals surface area contributed by atoms with Gasteiger partial charge in [-0.1, -0.05) is 28.1 Å². The van der Waals surface area contributed by atoms with Crippen LogP contribution in [0.5, 0.6) is 0 Å². The Kier molecular flexibility index (Phi) is 3.84. The molecule has 0 aliphatic heterocycles. The number of benzene rings is 1. The average Bonchev–Trinajstić information content (AvgIpc) is 2.99. The number of rotatable bonds is 5.